The summed E-state index contributed by atoms with van der Waals surface area (Å²) < 4.78 is 21.5. The van der Waals surface area contributed by atoms with Gasteiger partial charge in [-0.1, -0.05) is 0 Å². The molecule has 0 amide bonds. The van der Waals surface area contributed by atoms with E-state index in [-0.39, 0.29) is 5.03 Å². The standard InChI is InChI=1S/C5H6N2O2S/c1-10(8,9)5-3-2-4-6-7-5/h2-4H,1H3/p+1. The van der Waals surface area contributed by atoms with Crippen LogP contribution < -0.4 is 5.10 Å². The number of hydrogen-bond donors (Lipinski definition) is 0. The molecule has 0 fully saturated rings. The van der Waals surface area contributed by atoms with E-state index in [9.17, 15) is 8.42 Å². The zero-order valence-corrected chi connectivity index (χ0v) is 6.22. The molecule has 10 heavy (non-hydrogen) atoms. The van der Waals surface area contributed by atoms with Gasteiger partial charge >= 0.3 is 0 Å². The zero-order valence-electron chi connectivity index (χ0n) is 5.40. The van der Waals surface area contributed by atoms with Crippen LogP contribution in [0.5, 0.6) is 0 Å². The average Bonchev–Trinajstić information content (AvgIpc) is 1.88. The second kappa shape index (κ2) is 2.34. The Morgan fingerprint density at radius 3 is 2.60 bits per heavy atom. The van der Waals surface area contributed by atoms with E-state index in [0.717, 1.165) is 6.26 Å². The van der Waals surface area contributed by atoms with Gasteiger partial charge in [0.1, 0.15) is 0 Å². The van der Waals surface area contributed by atoms with Gasteiger partial charge in [-0.2, -0.15) is 0 Å². The lowest BCUT2D eigenvalue weighted by Crippen LogP contribution is -2.12. The van der Waals surface area contributed by atoms with Crippen molar-refractivity contribution in [2.45, 2.75) is 5.03 Å². The van der Waals surface area contributed by atoms with Crippen LogP contribution >= 0.6 is 0 Å². The lowest BCUT2D eigenvalue weighted by atomic mass is 10.6. The molecule has 0 atom stereocenters. The van der Waals surface area contributed by atoms with Crippen LogP contribution in [0.1, 0.15) is 0 Å². The molecule has 0 bridgehead atoms. The first-order valence-electron chi connectivity index (χ1n) is 2.64. The summed E-state index contributed by atoms with van der Waals surface area (Å²) in [6.45, 7) is 0. The largest absolute Gasteiger partial charge is 0.222 e. The lowest BCUT2D eigenvalue weighted by molar-refractivity contribution is -0.460. The molecule has 0 radical (unpaired) electrons. The molecule has 1 rings (SSSR count). The van der Waals surface area contributed by atoms with Crippen molar-refractivity contribution in [1.29, 1.82) is 0 Å². The van der Waals surface area contributed by atoms with Crippen molar-refractivity contribution >= 4 is 9.84 Å². The number of H-pyrrole nitrogens is 1. The molecule has 0 aliphatic carbocycles. The van der Waals surface area contributed by atoms with Crippen LogP contribution in [-0.4, -0.2) is 19.8 Å². The fraction of sp³-hybridized carbons (Fsp3) is 0.200. The normalized spacial score (nSPS) is 11.3. The molecule has 5 heteroatoms. The summed E-state index contributed by atoms with van der Waals surface area (Å²) in [5.74, 6) is 0. The first kappa shape index (κ1) is 7.14. The predicted octanol–water partition coefficient (Wildman–Crippen LogP) is -0.701. The van der Waals surface area contributed by atoms with Gasteiger partial charge < -0.3 is 0 Å². The SMILES string of the molecule is CS(=O)(=O)c1ccc[nH+]n1. The second-order valence-electron chi connectivity index (χ2n) is 1.88. The van der Waals surface area contributed by atoms with Crippen molar-refractivity contribution in [3.63, 3.8) is 0 Å². The maximum Gasteiger partial charge on any atom is 0.221 e. The van der Waals surface area contributed by atoms with Crippen molar-refractivity contribution in [3.05, 3.63) is 18.3 Å². The first-order valence-corrected chi connectivity index (χ1v) is 4.53. The highest BCUT2D eigenvalue weighted by Crippen LogP contribution is 1.98. The highest BCUT2D eigenvalue weighted by Gasteiger charge is 2.09. The molecular formula is C5H7N2O2S+. The molecule has 0 spiro atoms. The van der Waals surface area contributed by atoms with Crippen LogP contribution in [0.25, 0.3) is 0 Å². The second-order valence-corrected chi connectivity index (χ2v) is 3.84. The molecule has 0 aliphatic heterocycles. The third kappa shape index (κ3) is 1.51. The summed E-state index contributed by atoms with van der Waals surface area (Å²) in [5.41, 5.74) is 0. The number of hydrogen-bond acceptors (Lipinski definition) is 3. The van der Waals surface area contributed by atoms with Gasteiger partial charge in [0.25, 0.3) is 0 Å². The smallest absolute Gasteiger partial charge is 0.221 e. The number of nitrogens with zero attached hydrogens (tertiary/aromatic N) is 1. The molecule has 1 aromatic rings. The van der Waals surface area contributed by atoms with Gasteiger partial charge in [-0.25, -0.2) is 8.42 Å². The summed E-state index contributed by atoms with van der Waals surface area (Å²) in [5, 5.41) is 6.04. The molecule has 4 nitrogen and oxygen atoms in total. The summed E-state index contributed by atoms with van der Waals surface area (Å²) >= 11 is 0. The van der Waals surface area contributed by atoms with Gasteiger partial charge in [0.2, 0.25) is 5.03 Å². The van der Waals surface area contributed by atoms with Crippen LogP contribution in [0.2, 0.25) is 0 Å². The molecule has 0 aliphatic rings. The highest BCUT2D eigenvalue weighted by molar-refractivity contribution is 7.90. The summed E-state index contributed by atoms with van der Waals surface area (Å²) in [6, 6.07) is 3.02. The summed E-state index contributed by atoms with van der Waals surface area (Å²) in [7, 11) is -3.15. The maximum atomic E-state index is 10.8. The molecule has 0 saturated carbocycles. The van der Waals surface area contributed by atoms with Crippen molar-refractivity contribution in [1.82, 2.24) is 5.10 Å². The van der Waals surface area contributed by atoms with Gasteiger partial charge in [-0.05, 0) is 6.07 Å². The number of aromatic nitrogens is 2. The van der Waals surface area contributed by atoms with E-state index in [1.807, 2.05) is 0 Å². The fourth-order valence-corrected chi connectivity index (χ4v) is 1.06. The third-order valence-electron chi connectivity index (χ3n) is 0.964. The van der Waals surface area contributed by atoms with Crippen molar-refractivity contribution in [2.75, 3.05) is 6.26 Å². The Morgan fingerprint density at radius 1 is 1.60 bits per heavy atom. The zero-order chi connectivity index (χ0) is 7.61. The van der Waals surface area contributed by atoms with E-state index in [0.29, 0.717) is 0 Å². The van der Waals surface area contributed by atoms with Crippen LogP contribution in [0.3, 0.4) is 0 Å². The minimum absolute atomic E-state index is 0.0648. The Balaban J connectivity index is 3.22. The number of rotatable bonds is 1. The number of aromatic amines is 1. The monoisotopic (exact) mass is 159 g/mol. The Labute approximate surface area is 58.8 Å². The Kier molecular flexibility index (Phi) is 1.67. The van der Waals surface area contributed by atoms with Gasteiger partial charge in [0.15, 0.2) is 16.0 Å². The van der Waals surface area contributed by atoms with E-state index in [2.05, 4.69) is 10.2 Å². The average molecular weight is 159 g/mol. The Bertz CT molecular complexity index is 306. The minimum atomic E-state index is -3.15. The van der Waals surface area contributed by atoms with Crippen LogP contribution in [-0.2, 0) is 9.84 Å². The van der Waals surface area contributed by atoms with Gasteiger partial charge in [0, 0.05) is 17.4 Å². The molecule has 1 heterocycles. The molecule has 1 aromatic heterocycles. The maximum absolute atomic E-state index is 10.8. The molecular weight excluding hydrogens is 152 g/mol. The van der Waals surface area contributed by atoms with Crippen LogP contribution in [0.4, 0.5) is 0 Å². The van der Waals surface area contributed by atoms with E-state index in [1.165, 1.54) is 6.07 Å². The highest BCUT2D eigenvalue weighted by atomic mass is 32.2. The minimum Gasteiger partial charge on any atom is -0.222 e. The van der Waals surface area contributed by atoms with E-state index in [4.69, 9.17) is 0 Å². The molecule has 0 aromatic carbocycles. The van der Waals surface area contributed by atoms with E-state index < -0.39 is 9.84 Å². The molecule has 0 saturated heterocycles. The first-order chi connectivity index (χ1) is 4.61. The lowest BCUT2D eigenvalue weighted by Gasteiger charge is -1.87. The van der Waals surface area contributed by atoms with Crippen LogP contribution in [0, 0.1) is 0 Å². The van der Waals surface area contributed by atoms with Gasteiger partial charge in [0.05, 0.1) is 0 Å². The number of sulfone groups is 1. The Hall–Kier alpha value is -0.970. The van der Waals surface area contributed by atoms with Crippen molar-refractivity contribution < 1.29 is 13.5 Å². The topological polar surface area (TPSA) is 61.2 Å². The third-order valence-corrected chi connectivity index (χ3v) is 1.95. The quantitative estimate of drug-likeness (QED) is 0.544. The van der Waals surface area contributed by atoms with E-state index in [1.54, 1.807) is 12.3 Å². The summed E-state index contributed by atoms with van der Waals surface area (Å²) in [4.78, 5) is 0. The molecule has 0 unspecified atom stereocenters. The van der Waals surface area contributed by atoms with E-state index >= 15 is 0 Å². The fourth-order valence-electron chi connectivity index (χ4n) is 0.518. The van der Waals surface area contributed by atoms with Gasteiger partial charge in [-0.3, -0.25) is 0 Å². The molecule has 54 valence electrons. The summed E-state index contributed by atoms with van der Waals surface area (Å²) in [6.07, 6.45) is 2.66. The van der Waals surface area contributed by atoms with Crippen LogP contribution in [0.15, 0.2) is 23.4 Å². The van der Waals surface area contributed by atoms with Crippen molar-refractivity contribution in [2.24, 2.45) is 0 Å². The molecule has 1 N–H and O–H groups in total. The number of nitrogens with one attached hydrogen (secondary N) is 1. The Morgan fingerprint density at radius 2 is 2.30 bits per heavy atom. The predicted molar refractivity (Wildman–Crippen MR) is 33.9 cm³/mol. The van der Waals surface area contributed by atoms with Crippen molar-refractivity contribution in [3.8, 4) is 0 Å². The van der Waals surface area contributed by atoms with Gasteiger partial charge in [-0.15, -0.1) is 5.10 Å².